The van der Waals surface area contributed by atoms with E-state index in [1.165, 1.54) is 16.2 Å². The molecule has 0 bridgehead atoms. The first-order valence-electron chi connectivity index (χ1n) is 8.66. The maximum absolute atomic E-state index is 10.6. The number of carboxylic acids is 1. The number of carbonyl (C=O) groups is 1. The third kappa shape index (κ3) is 6.31. The normalized spacial score (nSPS) is 25.4. The maximum atomic E-state index is 10.6. The highest BCUT2D eigenvalue weighted by molar-refractivity contribution is 7.11. The van der Waals surface area contributed by atoms with E-state index in [1.54, 1.807) is 0 Å². The van der Waals surface area contributed by atoms with Crippen molar-refractivity contribution in [2.75, 3.05) is 19.8 Å². The summed E-state index contributed by atoms with van der Waals surface area (Å²) in [6.45, 7) is 9.43. The molecule has 1 aliphatic carbocycles. The smallest absolute Gasteiger partial charge is 0.475 e. The molecule has 27 heavy (non-hydrogen) atoms. The van der Waals surface area contributed by atoms with Crippen LogP contribution in [0.15, 0.2) is 24.8 Å². The number of rotatable bonds is 5. The Labute approximate surface area is 160 Å². The Morgan fingerprint density at radius 1 is 1.48 bits per heavy atom. The van der Waals surface area contributed by atoms with Crippen LogP contribution >= 0.6 is 11.3 Å². The lowest BCUT2D eigenvalue weighted by Crippen LogP contribution is -2.51. The number of aliphatic carboxylic acids is 1. The molecule has 1 saturated carbocycles. The first kappa shape index (κ1) is 21.9. The lowest BCUT2D eigenvalue weighted by atomic mass is 10.1. The number of ether oxygens (including phenoxy) is 2. The van der Waals surface area contributed by atoms with E-state index in [4.69, 9.17) is 19.4 Å². The number of carboxylic acid groups (broad SMARTS) is 1. The van der Waals surface area contributed by atoms with E-state index in [0.717, 1.165) is 26.1 Å². The molecule has 1 aromatic rings. The molecule has 3 atom stereocenters. The molecule has 0 aromatic carbocycles. The van der Waals surface area contributed by atoms with Crippen molar-refractivity contribution in [3.05, 3.63) is 34.5 Å². The number of halogens is 3. The Hall–Kier alpha value is -1.42. The molecule has 0 unspecified atom stereocenters. The molecular formula is C18H24F3NO4S. The lowest BCUT2D eigenvalue weighted by Gasteiger charge is -2.38. The minimum atomic E-state index is -5.08. The third-order valence-corrected chi connectivity index (χ3v) is 5.46. The zero-order chi connectivity index (χ0) is 20.0. The van der Waals surface area contributed by atoms with Crippen LogP contribution in [0.4, 0.5) is 13.2 Å². The van der Waals surface area contributed by atoms with E-state index >= 15 is 0 Å². The Bertz CT molecular complexity index is 634. The molecular weight excluding hydrogens is 383 g/mol. The Morgan fingerprint density at radius 3 is 2.74 bits per heavy atom. The van der Waals surface area contributed by atoms with Crippen LogP contribution < -0.4 is 0 Å². The Kier molecular flexibility index (Phi) is 7.84. The van der Waals surface area contributed by atoms with Gasteiger partial charge in [-0.1, -0.05) is 6.08 Å². The van der Waals surface area contributed by atoms with Gasteiger partial charge in [0.15, 0.2) is 0 Å². The summed E-state index contributed by atoms with van der Waals surface area (Å²) in [6.07, 6.45) is -0.502. The number of thiophene rings is 1. The highest BCUT2D eigenvalue weighted by atomic mass is 32.1. The van der Waals surface area contributed by atoms with Gasteiger partial charge >= 0.3 is 12.1 Å². The summed E-state index contributed by atoms with van der Waals surface area (Å²) < 4.78 is 43.6. The summed E-state index contributed by atoms with van der Waals surface area (Å²) in [4.78, 5) is 14.3. The van der Waals surface area contributed by atoms with Crippen molar-refractivity contribution in [3.63, 3.8) is 0 Å². The molecule has 5 nitrogen and oxygen atoms in total. The first-order valence-corrected chi connectivity index (χ1v) is 9.47. The molecule has 3 rings (SSSR count). The fourth-order valence-corrected chi connectivity index (χ4v) is 4.24. The van der Waals surface area contributed by atoms with Gasteiger partial charge in [-0.2, -0.15) is 13.2 Å². The van der Waals surface area contributed by atoms with Gasteiger partial charge in [-0.05, 0) is 31.9 Å². The van der Waals surface area contributed by atoms with Crippen molar-refractivity contribution in [2.45, 2.75) is 50.7 Å². The predicted molar refractivity (Wildman–Crippen MR) is 95.9 cm³/mol. The van der Waals surface area contributed by atoms with E-state index in [1.807, 2.05) is 17.4 Å². The van der Waals surface area contributed by atoms with Gasteiger partial charge in [0.05, 0.1) is 25.4 Å². The highest BCUT2D eigenvalue weighted by Crippen LogP contribution is 2.33. The second-order valence-electron chi connectivity index (χ2n) is 6.43. The van der Waals surface area contributed by atoms with Gasteiger partial charge in [0.1, 0.15) is 0 Å². The van der Waals surface area contributed by atoms with Crippen LogP contribution in [-0.4, -0.2) is 60.2 Å². The quantitative estimate of drug-likeness (QED) is 0.756. The second kappa shape index (κ2) is 9.68. The minimum absolute atomic E-state index is 0.241. The van der Waals surface area contributed by atoms with Gasteiger partial charge in [-0.25, -0.2) is 4.79 Å². The maximum Gasteiger partial charge on any atom is 0.490 e. The average molecular weight is 407 g/mol. The average Bonchev–Trinajstić information content (AvgIpc) is 3.19. The summed E-state index contributed by atoms with van der Waals surface area (Å²) in [5, 5.41) is 7.12. The summed E-state index contributed by atoms with van der Waals surface area (Å²) in [5.74, 6) is -2.76. The van der Waals surface area contributed by atoms with Crippen LogP contribution in [0, 0.1) is 6.92 Å². The molecule has 9 heteroatoms. The zero-order valence-electron chi connectivity index (χ0n) is 15.1. The van der Waals surface area contributed by atoms with Gasteiger partial charge in [0, 0.05) is 28.9 Å². The van der Waals surface area contributed by atoms with Crippen molar-refractivity contribution in [2.24, 2.45) is 0 Å². The topological polar surface area (TPSA) is 59.0 Å². The van der Waals surface area contributed by atoms with Gasteiger partial charge in [0.2, 0.25) is 0 Å². The van der Waals surface area contributed by atoms with E-state index in [0.29, 0.717) is 12.6 Å². The summed E-state index contributed by atoms with van der Waals surface area (Å²) in [5.41, 5.74) is 0. The number of aryl methyl sites for hydroxylation is 1. The van der Waals surface area contributed by atoms with Crippen LogP contribution in [0.2, 0.25) is 0 Å². The fraction of sp³-hybridized carbons (Fsp3) is 0.611. The van der Waals surface area contributed by atoms with Crippen molar-refractivity contribution in [1.82, 2.24) is 4.90 Å². The third-order valence-electron chi connectivity index (χ3n) is 4.48. The Morgan fingerprint density at radius 2 is 2.19 bits per heavy atom. The summed E-state index contributed by atoms with van der Waals surface area (Å²) in [6, 6.07) is 4.98. The standard InChI is InChI=1S/C16H23NO2S.C2HF3O2/c1-3-9-18-15-7-6-14-16(15)19-10-8-17(14)11-13-5-4-12(2)20-13;3-2(4,5)1(6)7/h3-5,14-16H,1,6-11H2,2H3;(H,6,7)/t14-,15+,16+;/m0./s1. The van der Waals surface area contributed by atoms with Crippen LogP contribution in [-0.2, 0) is 20.8 Å². The lowest BCUT2D eigenvalue weighted by molar-refractivity contribution is -0.192. The molecule has 1 N–H and O–H groups in total. The molecule has 1 aromatic heterocycles. The summed E-state index contributed by atoms with van der Waals surface area (Å²) >= 11 is 1.90. The number of nitrogens with zero attached hydrogens (tertiary/aromatic N) is 1. The summed E-state index contributed by atoms with van der Waals surface area (Å²) in [7, 11) is 0. The number of hydrogen-bond donors (Lipinski definition) is 1. The predicted octanol–water partition coefficient (Wildman–Crippen LogP) is 3.62. The van der Waals surface area contributed by atoms with E-state index < -0.39 is 12.1 Å². The molecule has 0 spiro atoms. The minimum Gasteiger partial charge on any atom is -0.475 e. The molecule has 2 fully saturated rings. The van der Waals surface area contributed by atoms with Crippen molar-refractivity contribution < 1.29 is 32.5 Å². The second-order valence-corrected chi connectivity index (χ2v) is 7.80. The van der Waals surface area contributed by atoms with Crippen LogP contribution in [0.3, 0.4) is 0 Å². The van der Waals surface area contributed by atoms with E-state index in [-0.39, 0.29) is 12.2 Å². The molecule has 152 valence electrons. The fourth-order valence-electron chi connectivity index (χ4n) is 3.33. The monoisotopic (exact) mass is 407 g/mol. The number of fused-ring (bicyclic) bond motifs is 1. The SMILES string of the molecule is C=CCO[C@@H]1CC[C@H]2[C@H]1OCCN2Cc1ccc(C)s1.O=C(O)C(F)(F)F. The molecule has 0 radical (unpaired) electrons. The van der Waals surface area contributed by atoms with Crippen molar-refractivity contribution in [3.8, 4) is 0 Å². The largest absolute Gasteiger partial charge is 0.490 e. The van der Waals surface area contributed by atoms with Gasteiger partial charge in [-0.15, -0.1) is 17.9 Å². The molecule has 2 heterocycles. The number of alkyl halides is 3. The van der Waals surface area contributed by atoms with Crippen LogP contribution in [0.25, 0.3) is 0 Å². The van der Waals surface area contributed by atoms with Crippen LogP contribution in [0.5, 0.6) is 0 Å². The van der Waals surface area contributed by atoms with Crippen LogP contribution in [0.1, 0.15) is 22.6 Å². The van der Waals surface area contributed by atoms with Crippen molar-refractivity contribution in [1.29, 1.82) is 0 Å². The number of hydrogen-bond acceptors (Lipinski definition) is 5. The van der Waals surface area contributed by atoms with Gasteiger partial charge in [-0.3, -0.25) is 4.90 Å². The molecule has 2 aliphatic rings. The van der Waals surface area contributed by atoms with Crippen molar-refractivity contribution >= 4 is 17.3 Å². The first-order chi connectivity index (χ1) is 12.7. The number of morpholine rings is 1. The Balaban J connectivity index is 0.000000321. The van der Waals surface area contributed by atoms with Gasteiger partial charge in [0.25, 0.3) is 0 Å². The van der Waals surface area contributed by atoms with E-state index in [9.17, 15) is 13.2 Å². The highest BCUT2D eigenvalue weighted by Gasteiger charge is 2.43. The van der Waals surface area contributed by atoms with E-state index in [2.05, 4.69) is 30.5 Å². The molecule has 1 aliphatic heterocycles. The molecule has 0 amide bonds. The zero-order valence-corrected chi connectivity index (χ0v) is 15.9. The molecule has 1 saturated heterocycles. The van der Waals surface area contributed by atoms with Gasteiger partial charge < -0.3 is 14.6 Å².